The molecule has 108 valence electrons. The van der Waals surface area contributed by atoms with Crippen LogP contribution >= 0.6 is 39.1 Å². The fourth-order valence-corrected chi connectivity index (χ4v) is 1.96. The van der Waals surface area contributed by atoms with Crippen LogP contribution < -0.4 is 5.32 Å². The van der Waals surface area contributed by atoms with Crippen LogP contribution in [0.15, 0.2) is 28.4 Å². The number of ether oxygens (including phenoxy) is 2. The molecule has 0 amide bonds. The second-order valence-corrected chi connectivity index (χ2v) is 5.00. The number of nitrogens with one attached hydrogen (secondary N) is 1. The second-order valence-electron chi connectivity index (χ2n) is 3.42. The maximum atomic E-state index is 11.6. The highest BCUT2D eigenvalue weighted by molar-refractivity contribution is 9.10. The number of carbonyl (C=O) groups excluding carboxylic acids is 2. The smallest absolute Gasteiger partial charge is 0.354 e. The van der Waals surface area contributed by atoms with E-state index in [2.05, 4.69) is 30.7 Å². The number of hydrogen-bond donors (Lipinski definition) is 1. The summed E-state index contributed by atoms with van der Waals surface area (Å²) < 4.78 is 9.49. The van der Waals surface area contributed by atoms with Gasteiger partial charge in [-0.05, 0) is 28.1 Å². The number of rotatable bonds is 4. The third-order valence-corrected chi connectivity index (χ3v) is 4.16. The molecule has 1 aromatic rings. The van der Waals surface area contributed by atoms with Crippen molar-refractivity contribution in [1.82, 2.24) is 0 Å². The monoisotopic (exact) mass is 381 g/mol. The first kappa shape index (κ1) is 16.8. The molecule has 0 radical (unpaired) electrons. The van der Waals surface area contributed by atoms with E-state index in [1.165, 1.54) is 14.2 Å². The summed E-state index contributed by atoms with van der Waals surface area (Å²) in [5.74, 6) is -1.44. The highest BCUT2D eigenvalue weighted by Crippen LogP contribution is 2.36. The molecule has 0 bridgehead atoms. The number of carbonyl (C=O) groups is 2. The van der Waals surface area contributed by atoms with Crippen molar-refractivity contribution in [1.29, 1.82) is 0 Å². The average Bonchev–Trinajstić information content (AvgIpc) is 2.45. The standard InChI is InChI=1S/C12H10BrCl2NO4/c1-19-9(17)5-8(12(18)20-2)16-7-4-3-6(14)10(13)11(7)15/h3-5,16H,1-2H3/b8-5+. The van der Waals surface area contributed by atoms with Crippen LogP contribution in [0, 0.1) is 0 Å². The van der Waals surface area contributed by atoms with Crippen LogP contribution in [0.3, 0.4) is 0 Å². The molecule has 0 unspecified atom stereocenters. The fraction of sp³-hybridized carbons (Fsp3) is 0.167. The lowest BCUT2D eigenvalue weighted by Gasteiger charge is -2.12. The molecule has 0 saturated carbocycles. The van der Waals surface area contributed by atoms with Gasteiger partial charge in [-0.1, -0.05) is 23.2 Å². The van der Waals surface area contributed by atoms with Gasteiger partial charge in [0, 0.05) is 0 Å². The van der Waals surface area contributed by atoms with E-state index in [1.807, 2.05) is 0 Å². The van der Waals surface area contributed by atoms with Gasteiger partial charge in [0.2, 0.25) is 0 Å². The summed E-state index contributed by atoms with van der Waals surface area (Å²) in [5.41, 5.74) is 0.263. The first-order valence-electron chi connectivity index (χ1n) is 5.19. The van der Waals surface area contributed by atoms with Gasteiger partial charge in [0.05, 0.1) is 40.5 Å². The molecule has 0 fully saturated rings. The zero-order chi connectivity index (χ0) is 15.3. The number of benzene rings is 1. The Morgan fingerprint density at radius 1 is 1.25 bits per heavy atom. The number of halogens is 3. The van der Waals surface area contributed by atoms with Crippen molar-refractivity contribution in [3.05, 3.63) is 38.4 Å². The van der Waals surface area contributed by atoms with Crippen molar-refractivity contribution in [2.24, 2.45) is 0 Å². The summed E-state index contributed by atoms with van der Waals surface area (Å²) in [6.45, 7) is 0. The Morgan fingerprint density at radius 3 is 2.45 bits per heavy atom. The molecule has 20 heavy (non-hydrogen) atoms. The quantitative estimate of drug-likeness (QED) is 0.491. The topological polar surface area (TPSA) is 64.6 Å². The first-order valence-corrected chi connectivity index (χ1v) is 6.74. The first-order chi connectivity index (χ1) is 9.40. The molecule has 0 aliphatic rings. The van der Waals surface area contributed by atoms with Crippen LogP contribution in [-0.2, 0) is 19.1 Å². The lowest BCUT2D eigenvalue weighted by molar-refractivity contribution is -0.138. The van der Waals surface area contributed by atoms with E-state index >= 15 is 0 Å². The molecule has 1 N–H and O–H groups in total. The Balaban J connectivity index is 3.14. The van der Waals surface area contributed by atoms with E-state index in [9.17, 15) is 9.59 Å². The SMILES string of the molecule is COC(=O)/C=C(/Nc1ccc(Cl)c(Br)c1Cl)C(=O)OC. The van der Waals surface area contributed by atoms with Gasteiger partial charge in [-0.15, -0.1) is 0 Å². The highest BCUT2D eigenvalue weighted by atomic mass is 79.9. The molecule has 5 nitrogen and oxygen atoms in total. The maximum Gasteiger partial charge on any atom is 0.354 e. The highest BCUT2D eigenvalue weighted by Gasteiger charge is 2.16. The summed E-state index contributed by atoms with van der Waals surface area (Å²) in [4.78, 5) is 22.8. The molecule has 0 aliphatic heterocycles. The molecule has 0 aromatic heterocycles. The fourth-order valence-electron chi connectivity index (χ4n) is 1.20. The van der Waals surface area contributed by atoms with Gasteiger partial charge in [-0.3, -0.25) is 0 Å². The van der Waals surface area contributed by atoms with E-state index in [0.29, 0.717) is 15.2 Å². The van der Waals surface area contributed by atoms with Gasteiger partial charge in [-0.25, -0.2) is 9.59 Å². The Bertz CT molecular complexity index is 575. The number of methoxy groups -OCH3 is 2. The van der Waals surface area contributed by atoms with Crippen LogP contribution in [0.25, 0.3) is 0 Å². The lowest BCUT2D eigenvalue weighted by atomic mass is 10.3. The van der Waals surface area contributed by atoms with E-state index in [0.717, 1.165) is 6.08 Å². The maximum absolute atomic E-state index is 11.6. The van der Waals surface area contributed by atoms with Gasteiger partial charge >= 0.3 is 11.9 Å². The van der Waals surface area contributed by atoms with Gasteiger partial charge in [0.25, 0.3) is 0 Å². The molecular weight excluding hydrogens is 373 g/mol. The predicted octanol–water partition coefficient (Wildman–Crippen LogP) is 3.40. The summed E-state index contributed by atoms with van der Waals surface area (Å²) in [6.07, 6.45) is 0.963. The minimum atomic E-state index is -0.738. The van der Waals surface area contributed by atoms with Crippen LogP contribution in [0.5, 0.6) is 0 Å². The van der Waals surface area contributed by atoms with Gasteiger partial charge < -0.3 is 14.8 Å². The van der Waals surface area contributed by atoms with E-state index in [4.69, 9.17) is 23.2 Å². The summed E-state index contributed by atoms with van der Waals surface area (Å²) in [7, 11) is 2.38. The van der Waals surface area contributed by atoms with Crippen LogP contribution in [-0.4, -0.2) is 26.2 Å². The minimum Gasteiger partial charge on any atom is -0.466 e. The zero-order valence-corrected chi connectivity index (χ0v) is 13.6. The molecule has 1 aromatic carbocycles. The van der Waals surface area contributed by atoms with Crippen LogP contribution in [0.1, 0.15) is 0 Å². The molecule has 0 spiro atoms. The van der Waals surface area contributed by atoms with Gasteiger partial charge in [0.1, 0.15) is 5.70 Å². The zero-order valence-electron chi connectivity index (χ0n) is 10.5. The molecule has 0 aliphatic carbocycles. The van der Waals surface area contributed by atoms with Crippen LogP contribution in [0.2, 0.25) is 10.0 Å². The molecule has 0 saturated heterocycles. The Labute approximate surface area is 134 Å². The molecule has 0 atom stereocenters. The van der Waals surface area contributed by atoms with E-state index in [-0.39, 0.29) is 10.7 Å². The van der Waals surface area contributed by atoms with Crippen molar-refractivity contribution >= 4 is 56.8 Å². The van der Waals surface area contributed by atoms with Crippen molar-refractivity contribution < 1.29 is 19.1 Å². The second kappa shape index (κ2) is 7.52. The Kier molecular flexibility index (Phi) is 6.32. The molecular formula is C12H10BrCl2NO4. The third kappa shape index (κ3) is 4.13. The minimum absolute atomic E-state index is 0.115. The molecule has 1 rings (SSSR count). The number of anilines is 1. The summed E-state index contributed by atoms with van der Waals surface area (Å²) >= 11 is 15.2. The van der Waals surface area contributed by atoms with Crippen molar-refractivity contribution in [2.75, 3.05) is 19.5 Å². The Morgan fingerprint density at radius 2 is 1.90 bits per heavy atom. The van der Waals surface area contributed by atoms with E-state index < -0.39 is 11.9 Å². The van der Waals surface area contributed by atoms with E-state index in [1.54, 1.807) is 12.1 Å². The van der Waals surface area contributed by atoms with Crippen molar-refractivity contribution in [3.8, 4) is 0 Å². The lowest BCUT2D eigenvalue weighted by Crippen LogP contribution is -2.15. The van der Waals surface area contributed by atoms with Crippen LogP contribution in [0.4, 0.5) is 5.69 Å². The predicted molar refractivity (Wildman–Crippen MR) is 79.9 cm³/mol. The van der Waals surface area contributed by atoms with Gasteiger partial charge in [-0.2, -0.15) is 0 Å². The number of hydrogen-bond acceptors (Lipinski definition) is 5. The van der Waals surface area contributed by atoms with Crippen molar-refractivity contribution in [2.45, 2.75) is 0 Å². The largest absolute Gasteiger partial charge is 0.466 e. The summed E-state index contributed by atoms with van der Waals surface area (Å²) in [6, 6.07) is 3.14. The normalized spacial score (nSPS) is 10.9. The third-order valence-electron chi connectivity index (χ3n) is 2.17. The summed E-state index contributed by atoms with van der Waals surface area (Å²) in [5, 5.41) is 3.37. The van der Waals surface area contributed by atoms with Crippen molar-refractivity contribution in [3.63, 3.8) is 0 Å². The molecule has 0 heterocycles. The number of esters is 2. The Hall–Kier alpha value is -1.24. The average molecular weight is 383 g/mol. The van der Waals surface area contributed by atoms with Gasteiger partial charge in [0.15, 0.2) is 0 Å². The molecule has 8 heteroatoms.